The van der Waals surface area contributed by atoms with Crippen LogP contribution in [0.1, 0.15) is 6.92 Å². The van der Waals surface area contributed by atoms with E-state index >= 15 is 0 Å². The number of hydrogen-bond acceptors (Lipinski definition) is 6. The molecule has 0 saturated carbocycles. The molecule has 1 unspecified atom stereocenters. The van der Waals surface area contributed by atoms with Gasteiger partial charge in [0, 0.05) is 11.8 Å². The normalized spacial score (nSPS) is 23.5. The highest BCUT2D eigenvalue weighted by atomic mass is 16.5. The van der Waals surface area contributed by atoms with E-state index in [9.17, 15) is 25.8 Å². The van der Waals surface area contributed by atoms with Gasteiger partial charge in [-0.05, 0) is 12.5 Å². The summed E-state index contributed by atoms with van der Waals surface area (Å²) in [5, 5.41) is 38.0. The van der Waals surface area contributed by atoms with Gasteiger partial charge in [0.2, 0.25) is 10.8 Å². The summed E-state index contributed by atoms with van der Waals surface area (Å²) >= 11 is 0. The zero-order valence-electron chi connectivity index (χ0n) is 11.3. The Morgan fingerprint density at radius 3 is 2.24 bits per heavy atom. The molecule has 0 spiro atoms. The van der Waals surface area contributed by atoms with Crippen LogP contribution in [0, 0.1) is 56.2 Å². The van der Waals surface area contributed by atoms with Crippen molar-refractivity contribution in [2.75, 3.05) is 7.11 Å². The Morgan fingerprint density at radius 2 is 1.81 bits per heavy atom. The highest BCUT2D eigenvalue weighted by Crippen LogP contribution is 2.57. The van der Waals surface area contributed by atoms with E-state index in [1.807, 2.05) is 0 Å². The molecule has 102 valence electrons. The van der Waals surface area contributed by atoms with Gasteiger partial charge in [-0.15, -0.1) is 0 Å². The number of nitriles is 4. The largest absolute Gasteiger partial charge is 0.452 e. The fourth-order valence-corrected chi connectivity index (χ4v) is 2.81. The number of hydrogen-bond donors (Lipinski definition) is 0. The first kappa shape index (κ1) is 14.1. The van der Waals surface area contributed by atoms with E-state index in [0.717, 1.165) is 4.90 Å². The third-order valence-corrected chi connectivity index (χ3v) is 3.91. The summed E-state index contributed by atoms with van der Waals surface area (Å²) in [5.41, 5.74) is -3.19. The van der Waals surface area contributed by atoms with Crippen LogP contribution in [0.2, 0.25) is 0 Å². The van der Waals surface area contributed by atoms with Crippen LogP contribution in [0.25, 0.3) is 0 Å². The standard InChI is InChI=1S/C14H9N5O2/c1-9-3-11-14(7-17,8-18)13(5-15,6-16)10(9)4-19(11)12(20)21-2/h3-4,11H,1-2H3. The molecule has 1 amide bonds. The number of allylic oxidation sites excluding steroid dienone is 2. The molecule has 2 bridgehead atoms. The Hall–Kier alpha value is -3.29. The first-order valence-corrected chi connectivity index (χ1v) is 5.90. The third-order valence-electron chi connectivity index (χ3n) is 3.91. The lowest BCUT2D eigenvalue weighted by molar-refractivity contribution is 0.0951. The topological polar surface area (TPSA) is 125 Å². The van der Waals surface area contributed by atoms with Crippen molar-refractivity contribution in [2.24, 2.45) is 10.8 Å². The van der Waals surface area contributed by atoms with E-state index in [0.29, 0.717) is 5.57 Å². The molecule has 7 nitrogen and oxygen atoms in total. The highest BCUT2D eigenvalue weighted by Gasteiger charge is 2.67. The smallest absolute Gasteiger partial charge is 0.414 e. The maximum Gasteiger partial charge on any atom is 0.414 e. The molecule has 0 fully saturated rings. The van der Waals surface area contributed by atoms with E-state index < -0.39 is 23.0 Å². The molecule has 0 radical (unpaired) electrons. The van der Waals surface area contributed by atoms with Gasteiger partial charge in [0.25, 0.3) is 0 Å². The Kier molecular flexibility index (Phi) is 2.94. The lowest BCUT2D eigenvalue weighted by atomic mass is 9.53. The van der Waals surface area contributed by atoms with Crippen molar-refractivity contribution in [3.05, 3.63) is 23.4 Å². The van der Waals surface area contributed by atoms with Gasteiger partial charge < -0.3 is 4.74 Å². The van der Waals surface area contributed by atoms with Crippen molar-refractivity contribution >= 4 is 6.09 Å². The average Bonchev–Trinajstić information content (AvgIpc) is 2.53. The molecule has 0 aromatic carbocycles. The molecule has 0 aromatic heterocycles. The van der Waals surface area contributed by atoms with Gasteiger partial charge in [-0.25, -0.2) is 4.79 Å². The van der Waals surface area contributed by atoms with E-state index in [1.54, 1.807) is 31.2 Å². The molecule has 21 heavy (non-hydrogen) atoms. The van der Waals surface area contributed by atoms with Crippen LogP contribution in [0.5, 0.6) is 0 Å². The molecule has 0 saturated heterocycles. The monoisotopic (exact) mass is 279 g/mol. The van der Waals surface area contributed by atoms with Crippen LogP contribution in [-0.4, -0.2) is 24.1 Å². The molecule has 0 N–H and O–H groups in total. The second-order valence-electron chi connectivity index (χ2n) is 4.72. The van der Waals surface area contributed by atoms with Crippen molar-refractivity contribution in [3.8, 4) is 24.3 Å². The fraction of sp³-hybridized carbons (Fsp3) is 0.357. The Morgan fingerprint density at radius 1 is 1.24 bits per heavy atom. The zero-order valence-corrected chi connectivity index (χ0v) is 11.3. The van der Waals surface area contributed by atoms with Crippen LogP contribution >= 0.6 is 0 Å². The number of carbonyl (C=O) groups is 1. The first-order chi connectivity index (χ1) is 9.97. The Labute approximate surface area is 121 Å². The molecule has 3 rings (SSSR count). The van der Waals surface area contributed by atoms with Crippen LogP contribution < -0.4 is 0 Å². The Balaban J connectivity index is 2.86. The number of fused-ring (bicyclic) bond motifs is 2. The minimum atomic E-state index is -2.01. The maximum absolute atomic E-state index is 11.8. The molecule has 3 aliphatic rings. The van der Waals surface area contributed by atoms with Crippen molar-refractivity contribution < 1.29 is 9.53 Å². The van der Waals surface area contributed by atoms with E-state index in [2.05, 4.69) is 4.74 Å². The first-order valence-electron chi connectivity index (χ1n) is 5.90. The Bertz CT molecular complexity index is 722. The summed E-state index contributed by atoms with van der Waals surface area (Å²) in [4.78, 5) is 12.9. The van der Waals surface area contributed by atoms with E-state index in [-0.39, 0.29) is 5.57 Å². The predicted octanol–water partition coefficient (Wildman–Crippen LogP) is 1.35. The van der Waals surface area contributed by atoms with Crippen LogP contribution in [-0.2, 0) is 4.74 Å². The van der Waals surface area contributed by atoms with Crippen LogP contribution in [0.3, 0.4) is 0 Å². The summed E-state index contributed by atoms with van der Waals surface area (Å²) in [6.45, 7) is 1.66. The van der Waals surface area contributed by atoms with Crippen molar-refractivity contribution in [3.63, 3.8) is 0 Å². The van der Waals surface area contributed by atoms with Crippen molar-refractivity contribution in [1.29, 1.82) is 21.0 Å². The van der Waals surface area contributed by atoms with Crippen molar-refractivity contribution in [2.45, 2.75) is 13.0 Å². The molecule has 7 heteroatoms. The van der Waals surface area contributed by atoms with Gasteiger partial charge in [-0.2, -0.15) is 21.0 Å². The van der Waals surface area contributed by atoms with Gasteiger partial charge in [-0.1, -0.05) is 6.08 Å². The number of methoxy groups -OCH3 is 1. The minimum absolute atomic E-state index is 0.170. The predicted molar refractivity (Wildman–Crippen MR) is 67.2 cm³/mol. The number of ether oxygens (including phenoxy) is 1. The summed E-state index contributed by atoms with van der Waals surface area (Å²) in [6, 6.07) is 6.11. The third kappa shape index (κ3) is 1.35. The highest BCUT2D eigenvalue weighted by molar-refractivity contribution is 5.74. The maximum atomic E-state index is 11.8. The lowest BCUT2D eigenvalue weighted by Gasteiger charge is -2.49. The zero-order chi connectivity index (χ0) is 15.8. The van der Waals surface area contributed by atoms with Gasteiger partial charge >= 0.3 is 6.09 Å². The summed E-state index contributed by atoms with van der Waals surface area (Å²) in [5.74, 6) is 0. The second kappa shape index (κ2) is 4.37. The van der Waals surface area contributed by atoms with Gasteiger partial charge in [-0.3, -0.25) is 4.90 Å². The van der Waals surface area contributed by atoms with E-state index in [1.165, 1.54) is 19.4 Å². The molecule has 1 atom stereocenters. The quantitative estimate of drug-likeness (QED) is 0.658. The fourth-order valence-electron chi connectivity index (χ4n) is 2.81. The molecule has 1 aliphatic carbocycles. The number of amides is 1. The molecular formula is C14H9N5O2. The lowest BCUT2D eigenvalue weighted by Crippen LogP contribution is -2.60. The van der Waals surface area contributed by atoms with Crippen molar-refractivity contribution in [1.82, 2.24) is 4.90 Å². The number of carbonyl (C=O) groups excluding carboxylic acids is 1. The number of rotatable bonds is 0. The van der Waals surface area contributed by atoms with Gasteiger partial charge in [0.15, 0.2) is 0 Å². The van der Waals surface area contributed by atoms with Gasteiger partial charge in [0.1, 0.15) is 0 Å². The summed E-state index contributed by atoms with van der Waals surface area (Å²) < 4.78 is 4.62. The average molecular weight is 279 g/mol. The molecule has 2 heterocycles. The molecule has 2 aliphatic heterocycles. The summed E-state index contributed by atoms with van der Waals surface area (Å²) in [6.07, 6.45) is 2.08. The number of nitrogens with zero attached hydrogens (tertiary/aromatic N) is 5. The SMILES string of the molecule is COC(=O)N1C=C2C(C)=CC1C(C#N)(C#N)C2(C#N)C#N. The second-order valence-corrected chi connectivity index (χ2v) is 4.72. The van der Waals surface area contributed by atoms with Gasteiger partial charge in [0.05, 0.1) is 37.4 Å². The molecular weight excluding hydrogens is 270 g/mol. The minimum Gasteiger partial charge on any atom is -0.452 e. The van der Waals surface area contributed by atoms with E-state index in [4.69, 9.17) is 0 Å². The van der Waals surface area contributed by atoms with Crippen LogP contribution in [0.4, 0.5) is 4.79 Å². The van der Waals surface area contributed by atoms with Crippen LogP contribution in [0.15, 0.2) is 23.4 Å². The molecule has 0 aromatic rings. The summed E-state index contributed by atoms with van der Waals surface area (Å²) in [7, 11) is 1.17.